The smallest absolute Gasteiger partial charge is 0.240 e. The third-order valence-electron chi connectivity index (χ3n) is 2.01. The molecule has 0 bridgehead atoms. The molecule has 2 N–H and O–H groups in total. The van der Waals surface area contributed by atoms with Crippen molar-refractivity contribution in [3.8, 4) is 11.8 Å². The molecule has 0 fully saturated rings. The third kappa shape index (κ3) is 2.88. The number of hydrogen-bond acceptors (Lipinski definition) is 6. The fraction of sp³-hybridized carbons (Fsp3) is 0.300. The number of ether oxygens (including phenoxy) is 1. The van der Waals surface area contributed by atoms with Crippen LogP contribution in [0.3, 0.4) is 0 Å². The van der Waals surface area contributed by atoms with Crippen LogP contribution in [0.25, 0.3) is 0 Å². The molecule has 2 rings (SSSR count). The van der Waals surface area contributed by atoms with Crippen molar-refractivity contribution in [1.29, 1.82) is 0 Å². The highest BCUT2D eigenvalue weighted by atomic mass is 32.2. The Balaban J connectivity index is 2.25. The number of aromatic amines is 1. The quantitative estimate of drug-likeness (QED) is 0.640. The Hall–Kier alpha value is -1.76. The second-order valence-corrected chi connectivity index (χ2v) is 4.09. The van der Waals surface area contributed by atoms with E-state index >= 15 is 0 Å². The van der Waals surface area contributed by atoms with Crippen molar-refractivity contribution in [3.05, 3.63) is 17.8 Å². The average molecular weight is 251 g/mol. The molecule has 0 unspecified atom stereocenters. The molecule has 17 heavy (non-hydrogen) atoms. The summed E-state index contributed by atoms with van der Waals surface area (Å²) in [6.07, 6.45) is 1.91. The zero-order chi connectivity index (χ0) is 12.3. The Bertz CT molecular complexity index is 491. The fourth-order valence-electron chi connectivity index (χ4n) is 1.23. The standard InChI is InChI=1S/C10H13N5OS/c1-6-4-9(15-14-6)16-8-5-7(11-2)12-10(13-8)17-3/h4-5H,1-3H3,(H,14,15)(H,11,12,13). The molecule has 2 heterocycles. The molecule has 0 atom stereocenters. The SMILES string of the molecule is CNc1cc(Oc2cc(C)[nH]n2)nc(SC)n1. The first-order valence-corrected chi connectivity index (χ1v) is 6.24. The molecule has 90 valence electrons. The van der Waals surface area contributed by atoms with Gasteiger partial charge in [0.1, 0.15) is 5.82 Å². The van der Waals surface area contributed by atoms with Crippen molar-refractivity contribution in [1.82, 2.24) is 20.2 Å². The predicted octanol–water partition coefficient (Wildman–Crippen LogP) is 2.06. The minimum absolute atomic E-state index is 0.472. The number of rotatable bonds is 4. The lowest BCUT2D eigenvalue weighted by Crippen LogP contribution is -1.98. The lowest BCUT2D eigenvalue weighted by Gasteiger charge is -2.05. The van der Waals surface area contributed by atoms with Crippen molar-refractivity contribution in [2.45, 2.75) is 12.1 Å². The van der Waals surface area contributed by atoms with Gasteiger partial charge in [0, 0.05) is 24.9 Å². The summed E-state index contributed by atoms with van der Waals surface area (Å²) in [4.78, 5) is 8.49. The predicted molar refractivity (Wildman–Crippen MR) is 66.8 cm³/mol. The van der Waals surface area contributed by atoms with Crippen molar-refractivity contribution < 1.29 is 4.74 Å². The van der Waals surface area contributed by atoms with Gasteiger partial charge in [0.05, 0.1) is 0 Å². The number of nitrogens with zero attached hydrogens (tertiary/aromatic N) is 3. The number of nitrogens with one attached hydrogen (secondary N) is 2. The topological polar surface area (TPSA) is 75.7 Å². The van der Waals surface area contributed by atoms with Gasteiger partial charge in [-0.15, -0.1) is 5.10 Å². The third-order valence-corrected chi connectivity index (χ3v) is 2.56. The molecule has 0 spiro atoms. The first kappa shape index (κ1) is 11.7. The Morgan fingerprint density at radius 3 is 2.71 bits per heavy atom. The summed E-state index contributed by atoms with van der Waals surface area (Å²) < 4.78 is 5.54. The summed E-state index contributed by atoms with van der Waals surface area (Å²) in [6, 6.07) is 3.53. The molecule has 6 nitrogen and oxygen atoms in total. The molecular formula is C10H13N5OS. The van der Waals surface area contributed by atoms with E-state index in [0.717, 1.165) is 5.69 Å². The van der Waals surface area contributed by atoms with Crippen LogP contribution in [0.1, 0.15) is 5.69 Å². The van der Waals surface area contributed by atoms with Gasteiger partial charge in [0.2, 0.25) is 11.8 Å². The van der Waals surface area contributed by atoms with E-state index in [1.165, 1.54) is 11.8 Å². The van der Waals surface area contributed by atoms with Crippen LogP contribution in [0.2, 0.25) is 0 Å². The van der Waals surface area contributed by atoms with Gasteiger partial charge in [-0.1, -0.05) is 11.8 Å². The minimum atomic E-state index is 0.472. The molecule has 0 aliphatic heterocycles. The van der Waals surface area contributed by atoms with Gasteiger partial charge in [0.15, 0.2) is 5.16 Å². The lowest BCUT2D eigenvalue weighted by atomic mass is 10.5. The molecule has 2 aromatic rings. The molecular weight excluding hydrogens is 238 g/mol. The monoisotopic (exact) mass is 251 g/mol. The number of hydrogen-bond donors (Lipinski definition) is 2. The van der Waals surface area contributed by atoms with E-state index in [2.05, 4.69) is 25.5 Å². The van der Waals surface area contributed by atoms with E-state index in [-0.39, 0.29) is 0 Å². The van der Waals surface area contributed by atoms with Crippen LogP contribution in [0.5, 0.6) is 11.8 Å². The Kier molecular flexibility index (Phi) is 3.48. The summed E-state index contributed by atoms with van der Waals surface area (Å²) in [5, 5.41) is 10.4. The van der Waals surface area contributed by atoms with Crippen LogP contribution in [0, 0.1) is 6.92 Å². The van der Waals surface area contributed by atoms with Gasteiger partial charge in [0.25, 0.3) is 0 Å². The molecule has 0 saturated carbocycles. The summed E-state index contributed by atoms with van der Waals surface area (Å²) in [5.41, 5.74) is 0.938. The second-order valence-electron chi connectivity index (χ2n) is 3.32. The average Bonchev–Trinajstić information content (AvgIpc) is 2.74. The normalized spacial score (nSPS) is 10.3. The molecule has 0 saturated heterocycles. The minimum Gasteiger partial charge on any atom is -0.419 e. The van der Waals surface area contributed by atoms with Crippen molar-refractivity contribution in [3.63, 3.8) is 0 Å². The summed E-state index contributed by atoms with van der Waals surface area (Å²) in [6.45, 7) is 1.91. The van der Waals surface area contributed by atoms with E-state index in [9.17, 15) is 0 Å². The maximum absolute atomic E-state index is 5.54. The fourth-order valence-corrected chi connectivity index (χ4v) is 1.60. The molecule has 0 aromatic carbocycles. The van der Waals surface area contributed by atoms with E-state index in [0.29, 0.717) is 22.7 Å². The van der Waals surface area contributed by atoms with Gasteiger partial charge in [-0.05, 0) is 13.2 Å². The van der Waals surface area contributed by atoms with Gasteiger partial charge in [-0.3, -0.25) is 5.10 Å². The summed E-state index contributed by atoms with van der Waals surface area (Å²) in [7, 11) is 1.80. The number of thioether (sulfide) groups is 1. The molecule has 7 heteroatoms. The van der Waals surface area contributed by atoms with E-state index in [1.807, 2.05) is 13.2 Å². The zero-order valence-corrected chi connectivity index (χ0v) is 10.6. The first-order valence-electron chi connectivity index (χ1n) is 5.02. The summed E-state index contributed by atoms with van der Waals surface area (Å²) >= 11 is 1.46. The highest BCUT2D eigenvalue weighted by molar-refractivity contribution is 7.98. The zero-order valence-electron chi connectivity index (χ0n) is 9.81. The molecule has 0 radical (unpaired) electrons. The highest BCUT2D eigenvalue weighted by Crippen LogP contribution is 2.22. The number of anilines is 1. The van der Waals surface area contributed by atoms with Crippen LogP contribution in [0.4, 0.5) is 5.82 Å². The van der Waals surface area contributed by atoms with Gasteiger partial charge < -0.3 is 10.1 Å². The molecule has 0 aliphatic rings. The molecule has 0 amide bonds. The summed E-state index contributed by atoms with van der Waals surface area (Å²) in [5.74, 6) is 1.68. The van der Waals surface area contributed by atoms with Crippen molar-refractivity contribution in [2.75, 3.05) is 18.6 Å². The van der Waals surface area contributed by atoms with Gasteiger partial charge in [-0.25, -0.2) is 4.98 Å². The molecule has 0 aliphatic carbocycles. The van der Waals surface area contributed by atoms with Crippen LogP contribution in [-0.4, -0.2) is 33.5 Å². The van der Waals surface area contributed by atoms with Crippen molar-refractivity contribution in [2.24, 2.45) is 0 Å². The first-order chi connectivity index (χ1) is 8.21. The Labute approximate surface area is 103 Å². The van der Waals surface area contributed by atoms with Crippen LogP contribution >= 0.6 is 11.8 Å². The number of aromatic nitrogens is 4. The van der Waals surface area contributed by atoms with Crippen LogP contribution in [0.15, 0.2) is 17.3 Å². The second kappa shape index (κ2) is 5.05. The van der Waals surface area contributed by atoms with Crippen LogP contribution < -0.4 is 10.1 Å². The lowest BCUT2D eigenvalue weighted by molar-refractivity contribution is 0.437. The van der Waals surface area contributed by atoms with E-state index in [4.69, 9.17) is 4.74 Å². The highest BCUT2D eigenvalue weighted by Gasteiger charge is 2.06. The van der Waals surface area contributed by atoms with Crippen LogP contribution in [-0.2, 0) is 0 Å². The van der Waals surface area contributed by atoms with Crippen molar-refractivity contribution >= 4 is 17.6 Å². The molecule has 2 aromatic heterocycles. The largest absolute Gasteiger partial charge is 0.419 e. The van der Waals surface area contributed by atoms with Gasteiger partial charge >= 0.3 is 0 Å². The Morgan fingerprint density at radius 2 is 2.12 bits per heavy atom. The van der Waals surface area contributed by atoms with Gasteiger partial charge in [-0.2, -0.15) is 4.98 Å². The van der Waals surface area contributed by atoms with E-state index < -0.39 is 0 Å². The Morgan fingerprint density at radius 1 is 1.29 bits per heavy atom. The number of aryl methyl sites for hydroxylation is 1. The maximum atomic E-state index is 5.54. The maximum Gasteiger partial charge on any atom is 0.240 e. The van der Waals surface area contributed by atoms with E-state index in [1.54, 1.807) is 19.2 Å². The number of H-pyrrole nitrogens is 1.